The van der Waals surface area contributed by atoms with Crippen molar-refractivity contribution in [2.45, 2.75) is 6.42 Å². The summed E-state index contributed by atoms with van der Waals surface area (Å²) in [5.41, 5.74) is 2.33. The third kappa shape index (κ3) is 5.18. The summed E-state index contributed by atoms with van der Waals surface area (Å²) >= 11 is 7.60. The molecule has 2 aromatic carbocycles. The zero-order valence-electron chi connectivity index (χ0n) is 16.8. The van der Waals surface area contributed by atoms with Gasteiger partial charge in [-0.25, -0.2) is 4.79 Å². The van der Waals surface area contributed by atoms with E-state index in [9.17, 15) is 14.7 Å². The molecule has 0 radical (unpaired) electrons. The monoisotopic (exact) mass is 455 g/mol. The summed E-state index contributed by atoms with van der Waals surface area (Å²) in [6.45, 7) is 3.13. The molecule has 31 heavy (non-hydrogen) atoms. The number of piperazine rings is 1. The molecule has 1 aliphatic heterocycles. The fourth-order valence-electron chi connectivity index (χ4n) is 3.68. The standard InChI is InChI=1S/C23H22ClN3O3S/c24-16-3-1-4-17(13-16)26-8-10-27(11-9-26)18-6-7-21(20(14-18)23(29)30)25-22(28)15-19-5-2-12-31-19/h1-7,12-14H,8-11,15H2,(H,25,28)(H,29,30). The number of anilines is 3. The van der Waals surface area contributed by atoms with Crippen LogP contribution in [-0.2, 0) is 11.2 Å². The second kappa shape index (κ2) is 9.41. The summed E-state index contributed by atoms with van der Waals surface area (Å²) in [7, 11) is 0. The molecule has 0 bridgehead atoms. The van der Waals surface area contributed by atoms with Crippen LogP contribution in [0.5, 0.6) is 0 Å². The molecule has 3 aromatic rings. The van der Waals surface area contributed by atoms with Gasteiger partial charge in [0.15, 0.2) is 0 Å². The van der Waals surface area contributed by atoms with Gasteiger partial charge in [-0.15, -0.1) is 11.3 Å². The number of carboxylic acids is 1. The van der Waals surface area contributed by atoms with Gasteiger partial charge in [-0.3, -0.25) is 4.79 Å². The molecule has 2 heterocycles. The summed E-state index contributed by atoms with van der Waals surface area (Å²) in [6, 6.07) is 16.7. The third-order valence-electron chi connectivity index (χ3n) is 5.24. The molecule has 160 valence electrons. The van der Waals surface area contributed by atoms with E-state index in [-0.39, 0.29) is 17.9 Å². The van der Waals surface area contributed by atoms with Crippen LogP contribution in [0.3, 0.4) is 0 Å². The Labute approximate surface area is 189 Å². The van der Waals surface area contributed by atoms with E-state index >= 15 is 0 Å². The first-order valence-corrected chi connectivity index (χ1v) is 11.2. The number of hydrogen-bond acceptors (Lipinski definition) is 5. The van der Waals surface area contributed by atoms with Crippen LogP contribution in [0, 0.1) is 0 Å². The molecular formula is C23H22ClN3O3S. The molecule has 1 aromatic heterocycles. The second-order valence-electron chi connectivity index (χ2n) is 7.29. The first-order chi connectivity index (χ1) is 15.0. The molecule has 2 N–H and O–H groups in total. The zero-order chi connectivity index (χ0) is 21.8. The fourth-order valence-corrected chi connectivity index (χ4v) is 4.56. The van der Waals surface area contributed by atoms with Gasteiger partial charge in [-0.1, -0.05) is 23.7 Å². The normalized spacial score (nSPS) is 13.8. The molecule has 0 atom stereocenters. The van der Waals surface area contributed by atoms with Crippen molar-refractivity contribution in [2.24, 2.45) is 0 Å². The molecule has 1 amide bonds. The highest BCUT2D eigenvalue weighted by Crippen LogP contribution is 2.27. The molecule has 1 saturated heterocycles. The van der Waals surface area contributed by atoms with Crippen molar-refractivity contribution < 1.29 is 14.7 Å². The molecule has 4 rings (SSSR count). The van der Waals surface area contributed by atoms with Crippen LogP contribution in [0.2, 0.25) is 5.02 Å². The third-order valence-corrected chi connectivity index (χ3v) is 6.35. The van der Waals surface area contributed by atoms with Gasteiger partial charge in [-0.05, 0) is 47.8 Å². The summed E-state index contributed by atoms with van der Waals surface area (Å²) < 4.78 is 0. The molecule has 0 spiro atoms. The van der Waals surface area contributed by atoms with Crippen LogP contribution >= 0.6 is 22.9 Å². The number of carboxylic acid groups (broad SMARTS) is 1. The Morgan fingerprint density at radius 2 is 1.68 bits per heavy atom. The van der Waals surface area contributed by atoms with Crippen molar-refractivity contribution in [3.8, 4) is 0 Å². The zero-order valence-corrected chi connectivity index (χ0v) is 18.3. The largest absolute Gasteiger partial charge is 0.478 e. The van der Waals surface area contributed by atoms with E-state index < -0.39 is 5.97 Å². The quantitative estimate of drug-likeness (QED) is 0.568. The molecule has 8 heteroatoms. The van der Waals surface area contributed by atoms with Gasteiger partial charge in [0, 0.05) is 47.5 Å². The van der Waals surface area contributed by atoms with Crippen molar-refractivity contribution in [3.05, 3.63) is 75.4 Å². The molecular weight excluding hydrogens is 434 g/mol. The average molecular weight is 456 g/mol. The maximum absolute atomic E-state index is 12.3. The fraction of sp³-hybridized carbons (Fsp3) is 0.217. The number of amides is 1. The Morgan fingerprint density at radius 1 is 0.968 bits per heavy atom. The predicted molar refractivity (Wildman–Crippen MR) is 126 cm³/mol. The number of benzene rings is 2. The lowest BCUT2D eigenvalue weighted by molar-refractivity contribution is -0.115. The summed E-state index contributed by atoms with van der Waals surface area (Å²) in [4.78, 5) is 29.5. The second-order valence-corrected chi connectivity index (χ2v) is 8.76. The van der Waals surface area contributed by atoms with Gasteiger partial charge in [0.1, 0.15) is 0 Å². The Bertz CT molecular complexity index is 1080. The lowest BCUT2D eigenvalue weighted by Crippen LogP contribution is -2.46. The van der Waals surface area contributed by atoms with Crippen LogP contribution in [-0.4, -0.2) is 43.2 Å². The topological polar surface area (TPSA) is 72.9 Å². The van der Waals surface area contributed by atoms with Crippen LogP contribution < -0.4 is 15.1 Å². The van der Waals surface area contributed by atoms with Crippen molar-refractivity contribution in [1.82, 2.24) is 0 Å². The van der Waals surface area contributed by atoms with Crippen molar-refractivity contribution >= 4 is 51.9 Å². The summed E-state index contributed by atoms with van der Waals surface area (Å²) in [5, 5.41) is 15.0. The maximum Gasteiger partial charge on any atom is 0.337 e. The number of carbonyl (C=O) groups is 2. The number of thiophene rings is 1. The van der Waals surface area contributed by atoms with Gasteiger partial charge in [-0.2, -0.15) is 0 Å². The molecule has 0 aliphatic carbocycles. The minimum absolute atomic E-state index is 0.0919. The maximum atomic E-state index is 12.3. The SMILES string of the molecule is O=C(Cc1cccs1)Nc1ccc(N2CCN(c3cccc(Cl)c3)CC2)cc1C(=O)O. The van der Waals surface area contributed by atoms with Crippen LogP contribution in [0.25, 0.3) is 0 Å². The number of nitrogens with zero attached hydrogens (tertiary/aromatic N) is 2. The number of carbonyl (C=O) groups excluding carboxylic acids is 1. The Hall–Kier alpha value is -3.03. The number of rotatable bonds is 6. The lowest BCUT2D eigenvalue weighted by Gasteiger charge is -2.37. The van der Waals surface area contributed by atoms with Gasteiger partial charge in [0.25, 0.3) is 0 Å². The number of halogens is 1. The van der Waals surface area contributed by atoms with Gasteiger partial charge < -0.3 is 20.2 Å². The highest BCUT2D eigenvalue weighted by molar-refractivity contribution is 7.10. The lowest BCUT2D eigenvalue weighted by atomic mass is 10.1. The molecule has 6 nitrogen and oxygen atoms in total. The molecule has 0 unspecified atom stereocenters. The predicted octanol–water partition coefficient (Wildman–Crippen LogP) is 4.61. The Morgan fingerprint density at radius 3 is 2.29 bits per heavy atom. The summed E-state index contributed by atoms with van der Waals surface area (Å²) in [5.74, 6) is -1.29. The highest BCUT2D eigenvalue weighted by Gasteiger charge is 2.20. The van der Waals surface area contributed by atoms with Crippen LogP contribution in [0.4, 0.5) is 17.1 Å². The average Bonchev–Trinajstić information content (AvgIpc) is 3.27. The summed E-state index contributed by atoms with van der Waals surface area (Å²) in [6.07, 6.45) is 0.226. The molecule has 1 aliphatic rings. The van der Waals surface area contributed by atoms with E-state index in [1.165, 1.54) is 11.3 Å². The van der Waals surface area contributed by atoms with Crippen molar-refractivity contribution in [3.63, 3.8) is 0 Å². The van der Waals surface area contributed by atoms with Gasteiger partial charge in [0.05, 0.1) is 17.7 Å². The molecule has 1 fully saturated rings. The van der Waals surface area contributed by atoms with E-state index in [2.05, 4.69) is 15.1 Å². The van der Waals surface area contributed by atoms with E-state index in [4.69, 9.17) is 11.6 Å². The van der Waals surface area contributed by atoms with Gasteiger partial charge in [0.2, 0.25) is 5.91 Å². The number of hydrogen-bond donors (Lipinski definition) is 2. The van der Waals surface area contributed by atoms with E-state index in [1.807, 2.05) is 47.8 Å². The smallest absolute Gasteiger partial charge is 0.337 e. The van der Waals surface area contributed by atoms with E-state index in [0.29, 0.717) is 10.7 Å². The van der Waals surface area contributed by atoms with Crippen LogP contribution in [0.1, 0.15) is 15.2 Å². The van der Waals surface area contributed by atoms with Crippen molar-refractivity contribution in [2.75, 3.05) is 41.3 Å². The Balaban J connectivity index is 1.44. The highest BCUT2D eigenvalue weighted by atomic mass is 35.5. The number of nitrogens with one attached hydrogen (secondary N) is 1. The minimum atomic E-state index is -1.06. The number of aromatic carboxylic acids is 1. The van der Waals surface area contributed by atoms with Crippen molar-refractivity contribution in [1.29, 1.82) is 0 Å². The van der Waals surface area contributed by atoms with Crippen LogP contribution in [0.15, 0.2) is 60.0 Å². The first-order valence-electron chi connectivity index (χ1n) is 9.94. The first kappa shape index (κ1) is 21.2. The Kier molecular flexibility index (Phi) is 6.44. The van der Waals surface area contributed by atoms with E-state index in [0.717, 1.165) is 42.4 Å². The van der Waals surface area contributed by atoms with Gasteiger partial charge >= 0.3 is 5.97 Å². The minimum Gasteiger partial charge on any atom is -0.478 e. The molecule has 0 saturated carbocycles. The van der Waals surface area contributed by atoms with E-state index in [1.54, 1.807) is 12.1 Å².